The highest BCUT2D eigenvalue weighted by Gasteiger charge is 2.20. The normalized spacial score (nSPS) is 13.6. The van der Waals surface area contributed by atoms with Crippen molar-refractivity contribution >= 4 is 22.7 Å². The topological polar surface area (TPSA) is 46.2 Å². The van der Waals surface area contributed by atoms with E-state index in [2.05, 4.69) is 42.0 Å². The Morgan fingerprint density at radius 2 is 1.88 bits per heavy atom. The Bertz CT molecular complexity index is 903. The summed E-state index contributed by atoms with van der Waals surface area (Å²) in [5.41, 5.74) is 4.06. The lowest BCUT2D eigenvalue weighted by Crippen LogP contribution is -2.21. The quantitative estimate of drug-likeness (QED) is 0.504. The molecule has 25 heavy (non-hydrogen) atoms. The van der Waals surface area contributed by atoms with Crippen molar-refractivity contribution in [1.82, 2.24) is 10.3 Å². The van der Waals surface area contributed by atoms with Gasteiger partial charge in [0.25, 0.3) is 0 Å². The van der Waals surface area contributed by atoms with Crippen molar-refractivity contribution in [2.45, 2.75) is 19.9 Å². The lowest BCUT2D eigenvalue weighted by molar-refractivity contribution is 0.441. The molecule has 2 aromatic carbocycles. The molecule has 0 saturated heterocycles. The molecule has 4 rings (SSSR count). The molecule has 0 spiro atoms. The monoisotopic (exact) mass is 351 g/mol. The van der Waals surface area contributed by atoms with Crippen molar-refractivity contribution in [3.05, 3.63) is 52.9 Å². The fourth-order valence-electron chi connectivity index (χ4n) is 3.10. The summed E-state index contributed by atoms with van der Waals surface area (Å²) in [5.74, 6) is 2.19. The van der Waals surface area contributed by atoms with Gasteiger partial charge in [-0.05, 0) is 43.3 Å². The largest absolute Gasteiger partial charge is 0.453 e. The lowest BCUT2D eigenvalue weighted by Gasteiger charge is -2.22. The van der Waals surface area contributed by atoms with Gasteiger partial charge >= 0.3 is 0 Å². The number of hydrogen-bond donors (Lipinski definition) is 2. The molecule has 1 aliphatic heterocycles. The van der Waals surface area contributed by atoms with E-state index in [0.29, 0.717) is 5.92 Å². The van der Waals surface area contributed by atoms with E-state index < -0.39 is 0 Å². The summed E-state index contributed by atoms with van der Waals surface area (Å²) < 4.78 is 5.97. The fourth-order valence-corrected chi connectivity index (χ4v) is 4.21. The van der Waals surface area contributed by atoms with Crippen LogP contribution in [0.2, 0.25) is 0 Å². The van der Waals surface area contributed by atoms with Crippen LogP contribution in [0.25, 0.3) is 11.3 Å². The molecule has 4 nitrogen and oxygen atoms in total. The number of benzene rings is 2. The van der Waals surface area contributed by atoms with E-state index in [1.54, 1.807) is 11.3 Å². The number of aromatic nitrogens is 1. The highest BCUT2D eigenvalue weighted by Crippen LogP contribution is 2.43. The van der Waals surface area contributed by atoms with Gasteiger partial charge in [0.1, 0.15) is 5.01 Å². The molecule has 128 valence electrons. The van der Waals surface area contributed by atoms with Gasteiger partial charge in [0, 0.05) is 10.9 Å². The summed E-state index contributed by atoms with van der Waals surface area (Å²) >= 11 is 1.71. The van der Waals surface area contributed by atoms with Crippen LogP contribution in [0.4, 0.5) is 11.4 Å². The Morgan fingerprint density at radius 1 is 1.08 bits per heavy atom. The zero-order valence-corrected chi connectivity index (χ0v) is 15.4. The summed E-state index contributed by atoms with van der Waals surface area (Å²) in [6, 6.07) is 14.4. The standard InChI is InChI=1S/C20H21N3OS/c1-12(2)19(21-3)20-23-16(11-25-20)13-8-9-18-15(10-13)22-14-6-4-5-7-17(14)24-18/h4-12,19,21-22H,1-3H3. The predicted molar refractivity (Wildman–Crippen MR) is 104 cm³/mol. The van der Waals surface area contributed by atoms with Crippen molar-refractivity contribution in [1.29, 1.82) is 0 Å². The molecule has 2 N–H and O–H groups in total. The molecule has 3 aromatic rings. The van der Waals surface area contributed by atoms with E-state index in [-0.39, 0.29) is 6.04 Å². The van der Waals surface area contributed by atoms with Gasteiger partial charge in [0.2, 0.25) is 0 Å². The Balaban J connectivity index is 1.64. The number of fused-ring (bicyclic) bond motifs is 2. The van der Waals surface area contributed by atoms with Crippen LogP contribution in [0.15, 0.2) is 47.8 Å². The maximum atomic E-state index is 5.97. The van der Waals surface area contributed by atoms with Crippen LogP contribution in [0.1, 0.15) is 24.9 Å². The second-order valence-corrected chi connectivity index (χ2v) is 7.41. The van der Waals surface area contributed by atoms with Crippen molar-refractivity contribution in [3.63, 3.8) is 0 Å². The van der Waals surface area contributed by atoms with E-state index in [4.69, 9.17) is 9.72 Å². The molecule has 0 amide bonds. The fraction of sp³-hybridized carbons (Fsp3) is 0.250. The van der Waals surface area contributed by atoms with E-state index in [1.807, 2.05) is 37.4 Å². The number of thiazole rings is 1. The number of rotatable bonds is 4. The summed E-state index contributed by atoms with van der Waals surface area (Å²) in [7, 11) is 1.99. The Labute approximate surface area is 151 Å². The molecule has 0 fully saturated rings. The Kier molecular flexibility index (Phi) is 4.19. The van der Waals surface area contributed by atoms with Crippen LogP contribution >= 0.6 is 11.3 Å². The number of anilines is 2. The number of hydrogen-bond acceptors (Lipinski definition) is 5. The smallest absolute Gasteiger partial charge is 0.151 e. The molecule has 0 radical (unpaired) electrons. The first-order valence-electron chi connectivity index (χ1n) is 8.46. The molecule has 1 atom stereocenters. The second-order valence-electron chi connectivity index (χ2n) is 6.52. The summed E-state index contributed by atoms with van der Waals surface area (Å²) in [6.07, 6.45) is 0. The summed E-state index contributed by atoms with van der Waals surface area (Å²) in [6.45, 7) is 4.42. The van der Waals surface area contributed by atoms with Crippen molar-refractivity contribution < 1.29 is 4.74 Å². The SMILES string of the molecule is CNC(c1nc(-c2ccc3c(c2)Nc2ccccc2O3)cs1)C(C)C. The van der Waals surface area contributed by atoms with E-state index in [9.17, 15) is 0 Å². The van der Waals surface area contributed by atoms with Gasteiger partial charge in [-0.25, -0.2) is 4.98 Å². The third-order valence-corrected chi connectivity index (χ3v) is 5.35. The first-order chi connectivity index (χ1) is 12.2. The van der Waals surface area contributed by atoms with Crippen LogP contribution < -0.4 is 15.4 Å². The zero-order valence-electron chi connectivity index (χ0n) is 14.5. The van der Waals surface area contributed by atoms with Crippen molar-refractivity contribution in [2.75, 3.05) is 12.4 Å². The van der Waals surface area contributed by atoms with E-state index in [1.165, 1.54) is 0 Å². The molecule has 0 saturated carbocycles. The number of para-hydroxylation sites is 2. The van der Waals surface area contributed by atoms with Gasteiger partial charge in [-0.2, -0.15) is 0 Å². The van der Waals surface area contributed by atoms with E-state index in [0.717, 1.165) is 39.1 Å². The third-order valence-electron chi connectivity index (χ3n) is 4.42. The molecule has 0 aliphatic carbocycles. The first-order valence-corrected chi connectivity index (χ1v) is 9.34. The molecular weight excluding hydrogens is 330 g/mol. The van der Waals surface area contributed by atoms with Crippen molar-refractivity contribution in [2.24, 2.45) is 5.92 Å². The second kappa shape index (κ2) is 6.50. The van der Waals surface area contributed by atoms with Gasteiger partial charge in [0.15, 0.2) is 11.5 Å². The van der Waals surface area contributed by atoms with E-state index >= 15 is 0 Å². The maximum Gasteiger partial charge on any atom is 0.151 e. The average Bonchev–Trinajstić information content (AvgIpc) is 3.09. The van der Waals surface area contributed by atoms with Crippen LogP contribution in [0, 0.1) is 5.92 Å². The molecular formula is C20H21N3OS. The molecule has 1 aromatic heterocycles. The Hall–Kier alpha value is -2.37. The maximum absolute atomic E-state index is 5.97. The lowest BCUT2D eigenvalue weighted by atomic mass is 10.1. The van der Waals surface area contributed by atoms with Crippen LogP contribution in [-0.2, 0) is 0 Å². The number of nitrogens with one attached hydrogen (secondary N) is 2. The summed E-state index contributed by atoms with van der Waals surface area (Å²) in [4.78, 5) is 4.85. The van der Waals surface area contributed by atoms with Crippen LogP contribution in [-0.4, -0.2) is 12.0 Å². The first kappa shape index (κ1) is 16.1. The zero-order chi connectivity index (χ0) is 17.4. The van der Waals surface area contributed by atoms with Gasteiger partial charge in [0.05, 0.1) is 23.1 Å². The van der Waals surface area contributed by atoms with Crippen molar-refractivity contribution in [3.8, 4) is 22.8 Å². The number of nitrogens with zero attached hydrogens (tertiary/aromatic N) is 1. The van der Waals surface area contributed by atoms with Gasteiger partial charge < -0.3 is 15.4 Å². The van der Waals surface area contributed by atoms with Crippen LogP contribution in [0.5, 0.6) is 11.5 Å². The van der Waals surface area contributed by atoms with Gasteiger partial charge in [-0.15, -0.1) is 11.3 Å². The third kappa shape index (κ3) is 3.01. The average molecular weight is 351 g/mol. The molecule has 5 heteroatoms. The molecule has 1 unspecified atom stereocenters. The van der Waals surface area contributed by atoms with Crippen LogP contribution in [0.3, 0.4) is 0 Å². The highest BCUT2D eigenvalue weighted by molar-refractivity contribution is 7.10. The van der Waals surface area contributed by atoms with Gasteiger partial charge in [-0.3, -0.25) is 0 Å². The summed E-state index contributed by atoms with van der Waals surface area (Å²) in [5, 5.41) is 10.1. The minimum absolute atomic E-state index is 0.282. The molecule has 1 aliphatic rings. The minimum Gasteiger partial charge on any atom is -0.453 e. The van der Waals surface area contributed by atoms with Gasteiger partial charge in [-0.1, -0.05) is 26.0 Å². The minimum atomic E-state index is 0.282. The predicted octanol–water partition coefficient (Wildman–Crippen LogP) is 5.58. The molecule has 0 bridgehead atoms. The Morgan fingerprint density at radius 3 is 2.68 bits per heavy atom. The highest BCUT2D eigenvalue weighted by atomic mass is 32.1. The number of ether oxygens (including phenoxy) is 1. The molecule has 2 heterocycles.